The van der Waals surface area contributed by atoms with Crippen molar-refractivity contribution >= 4 is 22.4 Å². The summed E-state index contributed by atoms with van der Waals surface area (Å²) in [6, 6.07) is 7.18. The summed E-state index contributed by atoms with van der Waals surface area (Å²) in [4.78, 5) is 16.1. The maximum absolute atomic E-state index is 12.1. The highest BCUT2D eigenvalue weighted by Gasteiger charge is 2.13. The summed E-state index contributed by atoms with van der Waals surface area (Å²) in [5.74, 6) is 0.378. The fraction of sp³-hybridized carbons (Fsp3) is 0.231. The number of rotatable bonds is 4. The minimum Gasteiger partial charge on any atom is -0.490 e. The number of anilines is 1. The lowest BCUT2D eigenvalue weighted by Gasteiger charge is -2.13. The number of carbonyl (C=O) groups is 1. The van der Waals surface area contributed by atoms with Crippen LogP contribution in [0.25, 0.3) is 0 Å². The maximum Gasteiger partial charge on any atom is 0.261 e. The third-order valence-electron chi connectivity index (χ3n) is 2.15. The van der Waals surface area contributed by atoms with Crippen molar-refractivity contribution in [1.82, 2.24) is 4.98 Å². The van der Waals surface area contributed by atoms with Crippen LogP contribution in [0.1, 0.15) is 24.2 Å². The van der Waals surface area contributed by atoms with Crippen LogP contribution in [0.5, 0.6) is 5.75 Å². The van der Waals surface area contributed by atoms with Crippen molar-refractivity contribution < 1.29 is 9.53 Å². The zero-order chi connectivity index (χ0) is 13.0. The van der Waals surface area contributed by atoms with Crippen LogP contribution < -0.4 is 10.1 Å². The molecule has 1 amide bonds. The summed E-state index contributed by atoms with van der Waals surface area (Å²) in [7, 11) is 0. The second-order valence-corrected chi connectivity index (χ2v) is 4.85. The topological polar surface area (TPSA) is 51.2 Å². The smallest absolute Gasteiger partial charge is 0.261 e. The van der Waals surface area contributed by atoms with E-state index in [0.717, 1.165) is 0 Å². The van der Waals surface area contributed by atoms with Gasteiger partial charge in [0.25, 0.3) is 5.91 Å². The first-order valence-corrected chi connectivity index (χ1v) is 6.51. The minimum absolute atomic E-state index is 0.0267. The molecule has 2 rings (SSSR count). The molecule has 0 saturated heterocycles. The van der Waals surface area contributed by atoms with Gasteiger partial charge in [0.2, 0.25) is 0 Å². The van der Waals surface area contributed by atoms with E-state index < -0.39 is 0 Å². The molecule has 0 unspecified atom stereocenters. The zero-order valence-electron chi connectivity index (χ0n) is 10.2. The number of nitrogens with one attached hydrogen (secondary N) is 1. The maximum atomic E-state index is 12.1. The van der Waals surface area contributed by atoms with Gasteiger partial charge >= 0.3 is 0 Å². The Kier molecular flexibility index (Phi) is 3.94. The van der Waals surface area contributed by atoms with Gasteiger partial charge in [-0.2, -0.15) is 0 Å². The van der Waals surface area contributed by atoms with Crippen molar-refractivity contribution in [1.29, 1.82) is 0 Å². The molecule has 2 aromatic rings. The Morgan fingerprint density at radius 2 is 2.17 bits per heavy atom. The molecule has 0 bridgehead atoms. The Bertz CT molecular complexity index is 524. The molecule has 0 aliphatic carbocycles. The molecule has 1 heterocycles. The molecule has 0 radical (unpaired) electrons. The molecule has 5 heteroatoms. The zero-order valence-corrected chi connectivity index (χ0v) is 11.0. The Labute approximate surface area is 110 Å². The molecule has 1 aromatic carbocycles. The molecule has 0 fully saturated rings. The standard InChI is InChI=1S/C13H14N2O2S/c1-9(2)17-11-6-4-3-5-10(11)12(16)15-13-14-7-8-18-13/h3-9H,1-2H3,(H,14,15,16). The van der Waals surface area contributed by atoms with Gasteiger partial charge in [-0.25, -0.2) is 4.98 Å². The molecule has 0 aliphatic heterocycles. The van der Waals surface area contributed by atoms with Gasteiger partial charge in [0.05, 0.1) is 11.7 Å². The minimum atomic E-state index is -0.207. The van der Waals surface area contributed by atoms with Crippen molar-refractivity contribution in [2.24, 2.45) is 0 Å². The van der Waals surface area contributed by atoms with E-state index in [0.29, 0.717) is 16.4 Å². The molecule has 0 saturated carbocycles. The van der Waals surface area contributed by atoms with Crippen LogP contribution in [0.15, 0.2) is 35.8 Å². The first-order valence-electron chi connectivity index (χ1n) is 5.63. The van der Waals surface area contributed by atoms with Gasteiger partial charge in [-0.3, -0.25) is 10.1 Å². The van der Waals surface area contributed by atoms with E-state index in [1.54, 1.807) is 18.3 Å². The number of amides is 1. The third kappa shape index (κ3) is 3.07. The van der Waals surface area contributed by atoms with E-state index in [1.807, 2.05) is 31.4 Å². The van der Waals surface area contributed by atoms with E-state index in [9.17, 15) is 4.79 Å². The van der Waals surface area contributed by atoms with Crippen molar-refractivity contribution in [3.63, 3.8) is 0 Å². The predicted molar refractivity (Wildman–Crippen MR) is 72.3 cm³/mol. The average molecular weight is 262 g/mol. The van der Waals surface area contributed by atoms with E-state index in [2.05, 4.69) is 10.3 Å². The summed E-state index contributed by atoms with van der Waals surface area (Å²) < 4.78 is 5.61. The normalized spacial score (nSPS) is 10.4. The van der Waals surface area contributed by atoms with E-state index in [-0.39, 0.29) is 12.0 Å². The Morgan fingerprint density at radius 3 is 2.83 bits per heavy atom. The highest BCUT2D eigenvalue weighted by molar-refractivity contribution is 7.13. The largest absolute Gasteiger partial charge is 0.490 e. The van der Waals surface area contributed by atoms with Crippen LogP contribution in [-0.4, -0.2) is 17.0 Å². The molecule has 94 valence electrons. The summed E-state index contributed by atoms with van der Waals surface area (Å²) in [6.45, 7) is 3.85. The fourth-order valence-electron chi connectivity index (χ4n) is 1.46. The highest BCUT2D eigenvalue weighted by Crippen LogP contribution is 2.21. The van der Waals surface area contributed by atoms with Crippen molar-refractivity contribution in [3.8, 4) is 5.75 Å². The number of benzene rings is 1. The number of hydrogen-bond acceptors (Lipinski definition) is 4. The summed E-state index contributed by atoms with van der Waals surface area (Å²) >= 11 is 1.38. The molecule has 4 nitrogen and oxygen atoms in total. The van der Waals surface area contributed by atoms with E-state index in [1.165, 1.54) is 11.3 Å². The van der Waals surface area contributed by atoms with Crippen molar-refractivity contribution in [2.45, 2.75) is 20.0 Å². The molecule has 18 heavy (non-hydrogen) atoms. The van der Waals surface area contributed by atoms with Crippen LogP contribution in [-0.2, 0) is 0 Å². The summed E-state index contributed by atoms with van der Waals surface area (Å²) in [5, 5.41) is 5.13. The van der Waals surface area contributed by atoms with Gasteiger partial charge in [0.1, 0.15) is 5.75 Å². The number of hydrogen-bond donors (Lipinski definition) is 1. The molecule has 0 spiro atoms. The highest BCUT2D eigenvalue weighted by atomic mass is 32.1. The van der Waals surface area contributed by atoms with Crippen LogP contribution >= 0.6 is 11.3 Å². The lowest BCUT2D eigenvalue weighted by atomic mass is 10.2. The third-order valence-corrected chi connectivity index (χ3v) is 2.84. The first-order chi connectivity index (χ1) is 8.66. The second-order valence-electron chi connectivity index (χ2n) is 3.95. The average Bonchev–Trinajstić information content (AvgIpc) is 2.81. The summed E-state index contributed by atoms with van der Waals surface area (Å²) in [6.07, 6.45) is 1.68. The van der Waals surface area contributed by atoms with Gasteiger partial charge in [-0.15, -0.1) is 11.3 Å². The molecule has 0 atom stereocenters. The lowest BCUT2D eigenvalue weighted by Crippen LogP contribution is -2.15. The second kappa shape index (κ2) is 5.64. The fourth-order valence-corrected chi connectivity index (χ4v) is 1.98. The van der Waals surface area contributed by atoms with Crippen LogP contribution in [0.3, 0.4) is 0 Å². The summed E-state index contributed by atoms with van der Waals surface area (Å²) in [5.41, 5.74) is 0.515. The molecule has 1 N–H and O–H groups in total. The Hall–Kier alpha value is -1.88. The van der Waals surface area contributed by atoms with E-state index in [4.69, 9.17) is 4.74 Å². The quantitative estimate of drug-likeness (QED) is 0.920. The molecular formula is C13H14N2O2S. The van der Waals surface area contributed by atoms with E-state index >= 15 is 0 Å². The first kappa shape index (κ1) is 12.6. The van der Waals surface area contributed by atoms with Gasteiger partial charge in [-0.05, 0) is 26.0 Å². The van der Waals surface area contributed by atoms with Gasteiger partial charge in [0, 0.05) is 11.6 Å². The number of para-hydroxylation sites is 1. The van der Waals surface area contributed by atoms with Crippen LogP contribution in [0.2, 0.25) is 0 Å². The molecule has 1 aromatic heterocycles. The van der Waals surface area contributed by atoms with Gasteiger partial charge in [0.15, 0.2) is 5.13 Å². The molecule has 0 aliphatic rings. The number of aromatic nitrogens is 1. The van der Waals surface area contributed by atoms with Gasteiger partial charge in [-0.1, -0.05) is 12.1 Å². The Balaban J connectivity index is 2.19. The number of nitrogens with zero attached hydrogens (tertiary/aromatic N) is 1. The van der Waals surface area contributed by atoms with Crippen molar-refractivity contribution in [2.75, 3.05) is 5.32 Å². The monoisotopic (exact) mass is 262 g/mol. The number of carbonyl (C=O) groups excluding carboxylic acids is 1. The van der Waals surface area contributed by atoms with Crippen LogP contribution in [0, 0.1) is 0 Å². The number of thiazole rings is 1. The van der Waals surface area contributed by atoms with Gasteiger partial charge < -0.3 is 4.74 Å². The Morgan fingerprint density at radius 1 is 1.39 bits per heavy atom. The van der Waals surface area contributed by atoms with Crippen molar-refractivity contribution in [3.05, 3.63) is 41.4 Å². The lowest BCUT2D eigenvalue weighted by molar-refractivity contribution is 0.102. The predicted octanol–water partition coefficient (Wildman–Crippen LogP) is 3.18. The SMILES string of the molecule is CC(C)Oc1ccccc1C(=O)Nc1nccs1. The number of ether oxygens (including phenoxy) is 1. The van der Waals surface area contributed by atoms with Crippen LogP contribution in [0.4, 0.5) is 5.13 Å². The molecular weight excluding hydrogens is 248 g/mol.